The Morgan fingerprint density at radius 1 is 1.28 bits per heavy atom. The Balaban J connectivity index is 1.56. The number of esters is 1. The van der Waals surface area contributed by atoms with E-state index in [-0.39, 0.29) is 30.9 Å². The average molecular weight is 412 g/mol. The molecule has 0 aliphatic heterocycles. The van der Waals surface area contributed by atoms with Crippen LogP contribution in [0.15, 0.2) is 28.7 Å². The zero-order chi connectivity index (χ0) is 18.1. The van der Waals surface area contributed by atoms with Gasteiger partial charge in [0.15, 0.2) is 6.61 Å². The minimum Gasteiger partial charge on any atom is -0.494 e. The van der Waals surface area contributed by atoms with Gasteiger partial charge in [-0.05, 0) is 43.4 Å². The average Bonchev–Trinajstić information content (AvgIpc) is 2.59. The van der Waals surface area contributed by atoms with E-state index in [1.165, 1.54) is 6.42 Å². The first-order valence-electron chi connectivity index (χ1n) is 8.88. The molecule has 0 radical (unpaired) electrons. The molecule has 1 amide bonds. The SMILES string of the molecule is C[C@H]1CCCC[C@@H]1NC(=O)COC(=O)CCCOc1cccc(Br)c1. The van der Waals surface area contributed by atoms with E-state index < -0.39 is 0 Å². The molecule has 2 atom stereocenters. The molecule has 2 rings (SSSR count). The molecule has 1 aliphatic rings. The molecule has 1 N–H and O–H groups in total. The molecule has 6 heteroatoms. The number of ether oxygens (including phenoxy) is 2. The second kappa shape index (κ2) is 10.4. The molecular weight excluding hydrogens is 386 g/mol. The molecule has 1 fully saturated rings. The lowest BCUT2D eigenvalue weighted by atomic mass is 9.86. The summed E-state index contributed by atoms with van der Waals surface area (Å²) in [5.74, 6) is 0.662. The maximum atomic E-state index is 11.9. The van der Waals surface area contributed by atoms with Crippen LogP contribution >= 0.6 is 15.9 Å². The van der Waals surface area contributed by atoms with Crippen molar-refractivity contribution < 1.29 is 19.1 Å². The normalized spacial score (nSPS) is 19.9. The summed E-state index contributed by atoms with van der Waals surface area (Å²) >= 11 is 3.38. The van der Waals surface area contributed by atoms with Crippen LogP contribution in [0.3, 0.4) is 0 Å². The fraction of sp³-hybridized carbons (Fsp3) is 0.579. The number of carbonyl (C=O) groups is 2. The molecule has 0 bridgehead atoms. The predicted molar refractivity (Wildman–Crippen MR) is 99.4 cm³/mol. The first kappa shape index (κ1) is 19.8. The van der Waals surface area contributed by atoms with E-state index >= 15 is 0 Å². The smallest absolute Gasteiger partial charge is 0.306 e. The number of hydrogen-bond donors (Lipinski definition) is 1. The molecule has 0 unspecified atom stereocenters. The van der Waals surface area contributed by atoms with Crippen LogP contribution < -0.4 is 10.1 Å². The predicted octanol–water partition coefficient (Wildman–Crippen LogP) is 3.85. The molecule has 5 nitrogen and oxygen atoms in total. The molecular formula is C19H26BrNO4. The molecule has 1 aromatic rings. The lowest BCUT2D eigenvalue weighted by Crippen LogP contribution is -2.42. The highest BCUT2D eigenvalue weighted by Crippen LogP contribution is 2.23. The molecule has 0 spiro atoms. The van der Waals surface area contributed by atoms with Gasteiger partial charge in [0.05, 0.1) is 6.61 Å². The summed E-state index contributed by atoms with van der Waals surface area (Å²) in [5, 5.41) is 2.97. The fourth-order valence-electron chi connectivity index (χ4n) is 2.96. The first-order valence-corrected chi connectivity index (χ1v) is 9.67. The number of halogens is 1. The summed E-state index contributed by atoms with van der Waals surface area (Å²) in [6, 6.07) is 7.75. The van der Waals surface area contributed by atoms with Crippen molar-refractivity contribution in [2.24, 2.45) is 5.92 Å². The summed E-state index contributed by atoms with van der Waals surface area (Å²) in [6.07, 6.45) is 5.31. The van der Waals surface area contributed by atoms with Crippen molar-refractivity contribution in [3.63, 3.8) is 0 Å². The summed E-state index contributed by atoms with van der Waals surface area (Å²) < 4.78 is 11.5. The van der Waals surface area contributed by atoms with Gasteiger partial charge in [-0.15, -0.1) is 0 Å². The monoisotopic (exact) mass is 411 g/mol. The van der Waals surface area contributed by atoms with Crippen LogP contribution in [-0.4, -0.2) is 31.1 Å². The molecule has 1 saturated carbocycles. The lowest BCUT2D eigenvalue weighted by molar-refractivity contribution is -0.149. The highest BCUT2D eigenvalue weighted by atomic mass is 79.9. The molecule has 1 aliphatic carbocycles. The zero-order valence-electron chi connectivity index (χ0n) is 14.6. The summed E-state index contributed by atoms with van der Waals surface area (Å²) in [6.45, 7) is 2.38. The number of carbonyl (C=O) groups excluding carboxylic acids is 2. The van der Waals surface area contributed by atoms with Crippen LogP contribution in [0.1, 0.15) is 45.4 Å². The number of nitrogens with one attached hydrogen (secondary N) is 1. The van der Waals surface area contributed by atoms with Crippen molar-refractivity contribution in [2.75, 3.05) is 13.2 Å². The van der Waals surface area contributed by atoms with E-state index in [2.05, 4.69) is 28.2 Å². The Morgan fingerprint density at radius 2 is 2.08 bits per heavy atom. The number of hydrogen-bond acceptors (Lipinski definition) is 4. The van der Waals surface area contributed by atoms with Crippen LogP contribution in [0, 0.1) is 5.92 Å². The van der Waals surface area contributed by atoms with E-state index in [0.717, 1.165) is 29.5 Å². The second-order valence-corrected chi connectivity index (χ2v) is 7.42. The maximum absolute atomic E-state index is 11.9. The molecule has 0 aromatic heterocycles. The number of benzene rings is 1. The third kappa shape index (κ3) is 7.46. The highest BCUT2D eigenvalue weighted by Gasteiger charge is 2.23. The van der Waals surface area contributed by atoms with Crippen molar-refractivity contribution in [1.82, 2.24) is 5.32 Å². The van der Waals surface area contributed by atoms with Gasteiger partial charge in [0.2, 0.25) is 0 Å². The third-order valence-electron chi connectivity index (χ3n) is 4.41. The molecule has 0 saturated heterocycles. The zero-order valence-corrected chi connectivity index (χ0v) is 16.2. The van der Waals surface area contributed by atoms with Crippen molar-refractivity contribution in [2.45, 2.75) is 51.5 Å². The fourth-order valence-corrected chi connectivity index (χ4v) is 3.34. The largest absolute Gasteiger partial charge is 0.494 e. The van der Waals surface area contributed by atoms with Crippen LogP contribution in [-0.2, 0) is 14.3 Å². The van der Waals surface area contributed by atoms with Gasteiger partial charge in [-0.3, -0.25) is 9.59 Å². The number of amides is 1. The number of rotatable bonds is 8. The quantitative estimate of drug-likeness (QED) is 0.521. The van der Waals surface area contributed by atoms with E-state index in [1.54, 1.807) is 0 Å². The first-order chi connectivity index (χ1) is 12.0. The molecule has 1 aromatic carbocycles. The maximum Gasteiger partial charge on any atom is 0.306 e. The lowest BCUT2D eigenvalue weighted by Gasteiger charge is -2.29. The Hall–Kier alpha value is -1.56. The minimum absolute atomic E-state index is 0.200. The standard InChI is InChI=1S/C19H26BrNO4/c1-14-6-2-3-9-17(14)21-18(22)13-25-19(23)10-5-11-24-16-8-4-7-15(20)12-16/h4,7-8,12,14,17H,2-3,5-6,9-11,13H2,1H3,(H,21,22)/t14-,17-/m0/s1. The van der Waals surface area contributed by atoms with Gasteiger partial charge in [-0.2, -0.15) is 0 Å². The van der Waals surface area contributed by atoms with Crippen molar-refractivity contribution >= 4 is 27.8 Å². The van der Waals surface area contributed by atoms with Crippen molar-refractivity contribution in [3.8, 4) is 5.75 Å². The van der Waals surface area contributed by atoms with Gasteiger partial charge in [-0.25, -0.2) is 0 Å². The topological polar surface area (TPSA) is 64.6 Å². The summed E-state index contributed by atoms with van der Waals surface area (Å²) in [7, 11) is 0. The Morgan fingerprint density at radius 3 is 2.84 bits per heavy atom. The van der Waals surface area contributed by atoms with Gasteiger partial charge in [-0.1, -0.05) is 41.8 Å². The van der Waals surface area contributed by atoms with E-state index in [0.29, 0.717) is 18.9 Å². The van der Waals surface area contributed by atoms with Crippen molar-refractivity contribution in [3.05, 3.63) is 28.7 Å². The van der Waals surface area contributed by atoms with Crippen molar-refractivity contribution in [1.29, 1.82) is 0 Å². The van der Waals surface area contributed by atoms with Gasteiger partial charge < -0.3 is 14.8 Å². The van der Waals surface area contributed by atoms with Gasteiger partial charge >= 0.3 is 5.97 Å². The highest BCUT2D eigenvalue weighted by molar-refractivity contribution is 9.10. The van der Waals surface area contributed by atoms with E-state index in [4.69, 9.17) is 9.47 Å². The van der Waals surface area contributed by atoms with Crippen LogP contribution in [0.5, 0.6) is 5.75 Å². The molecule has 138 valence electrons. The Bertz CT molecular complexity index is 578. The van der Waals surface area contributed by atoms with Crippen LogP contribution in [0.2, 0.25) is 0 Å². The van der Waals surface area contributed by atoms with E-state index in [9.17, 15) is 9.59 Å². The molecule has 25 heavy (non-hydrogen) atoms. The van der Waals surface area contributed by atoms with Gasteiger partial charge in [0.1, 0.15) is 5.75 Å². The second-order valence-electron chi connectivity index (χ2n) is 6.51. The van der Waals surface area contributed by atoms with Crippen LogP contribution in [0.25, 0.3) is 0 Å². The summed E-state index contributed by atoms with van der Waals surface area (Å²) in [4.78, 5) is 23.6. The molecule has 0 heterocycles. The Kier molecular flexibility index (Phi) is 8.25. The summed E-state index contributed by atoms with van der Waals surface area (Å²) in [5.41, 5.74) is 0. The Labute approximate surface area is 157 Å². The van der Waals surface area contributed by atoms with Gasteiger partial charge in [0, 0.05) is 16.9 Å². The van der Waals surface area contributed by atoms with Crippen LogP contribution in [0.4, 0.5) is 0 Å². The van der Waals surface area contributed by atoms with E-state index in [1.807, 2.05) is 24.3 Å². The van der Waals surface area contributed by atoms with Gasteiger partial charge in [0.25, 0.3) is 5.91 Å². The minimum atomic E-state index is -0.371. The third-order valence-corrected chi connectivity index (χ3v) is 4.91.